The molecule has 2 atom stereocenters. The number of rotatable bonds is 4. The number of carbonyl (C=O) groups excluding carboxylic acids is 1. The summed E-state index contributed by atoms with van der Waals surface area (Å²) in [7, 11) is 0.340. The minimum atomic E-state index is -3.09. The van der Waals surface area contributed by atoms with Crippen LogP contribution in [0.2, 0.25) is 0 Å². The van der Waals surface area contributed by atoms with E-state index in [9.17, 15) is 13.2 Å². The Morgan fingerprint density at radius 3 is 2.50 bits per heavy atom. The number of piperazine rings is 1. The molecule has 0 bridgehead atoms. The summed E-state index contributed by atoms with van der Waals surface area (Å²) in [5, 5.41) is 3.89. The molecule has 1 amide bonds. The zero-order valence-electron chi connectivity index (χ0n) is 14.3. The van der Waals surface area contributed by atoms with Crippen molar-refractivity contribution < 1.29 is 17.7 Å². The SMILES string of the molecule is Cc1cc(CN2CCN(CC(=O)N(C)C)[C@H]3CS(=O)(=O)C[C@H]32)on1. The summed E-state index contributed by atoms with van der Waals surface area (Å²) in [4.78, 5) is 17.7. The Balaban J connectivity index is 1.76. The van der Waals surface area contributed by atoms with Crippen molar-refractivity contribution in [1.29, 1.82) is 0 Å². The highest BCUT2D eigenvalue weighted by atomic mass is 32.2. The van der Waals surface area contributed by atoms with Crippen LogP contribution in [0.15, 0.2) is 10.6 Å². The van der Waals surface area contributed by atoms with Crippen molar-refractivity contribution in [2.75, 3.05) is 45.2 Å². The van der Waals surface area contributed by atoms with Crippen molar-refractivity contribution in [2.24, 2.45) is 0 Å². The Labute approximate surface area is 142 Å². The summed E-state index contributed by atoms with van der Waals surface area (Å²) in [6, 6.07) is 1.63. The van der Waals surface area contributed by atoms with Crippen molar-refractivity contribution in [3.8, 4) is 0 Å². The molecular weight excluding hydrogens is 332 g/mol. The van der Waals surface area contributed by atoms with E-state index < -0.39 is 9.84 Å². The first kappa shape index (κ1) is 17.4. The lowest BCUT2D eigenvalue weighted by Gasteiger charge is -2.43. The molecule has 8 nitrogen and oxygen atoms in total. The molecule has 1 aromatic rings. The topological polar surface area (TPSA) is 87.0 Å². The maximum atomic E-state index is 12.2. The fourth-order valence-corrected chi connectivity index (χ4v) is 5.54. The van der Waals surface area contributed by atoms with E-state index in [1.165, 1.54) is 0 Å². The first-order valence-corrected chi connectivity index (χ1v) is 9.88. The Hall–Kier alpha value is -1.45. The smallest absolute Gasteiger partial charge is 0.236 e. The van der Waals surface area contributed by atoms with Crippen LogP contribution in [-0.2, 0) is 21.2 Å². The van der Waals surface area contributed by atoms with Gasteiger partial charge in [-0.25, -0.2) is 8.42 Å². The molecule has 0 unspecified atom stereocenters. The number of carbonyl (C=O) groups is 1. The van der Waals surface area contributed by atoms with Gasteiger partial charge >= 0.3 is 0 Å². The second-order valence-corrected chi connectivity index (χ2v) is 9.03. The molecule has 2 saturated heterocycles. The van der Waals surface area contributed by atoms with Crippen LogP contribution < -0.4 is 0 Å². The number of amides is 1. The van der Waals surface area contributed by atoms with Crippen molar-refractivity contribution in [1.82, 2.24) is 19.9 Å². The number of nitrogens with zero attached hydrogens (tertiary/aromatic N) is 4. The van der Waals surface area contributed by atoms with Gasteiger partial charge in [-0.3, -0.25) is 14.6 Å². The molecule has 3 rings (SSSR count). The van der Waals surface area contributed by atoms with Crippen LogP contribution in [0, 0.1) is 6.92 Å². The average Bonchev–Trinajstić information content (AvgIpc) is 3.03. The highest BCUT2D eigenvalue weighted by molar-refractivity contribution is 7.91. The van der Waals surface area contributed by atoms with E-state index >= 15 is 0 Å². The highest BCUT2D eigenvalue weighted by Crippen LogP contribution is 2.28. The minimum Gasteiger partial charge on any atom is -0.360 e. The van der Waals surface area contributed by atoms with Gasteiger partial charge in [0, 0.05) is 45.3 Å². The molecule has 1 aromatic heterocycles. The van der Waals surface area contributed by atoms with Crippen molar-refractivity contribution in [2.45, 2.75) is 25.6 Å². The molecule has 9 heteroatoms. The molecule has 134 valence electrons. The van der Waals surface area contributed by atoms with E-state index in [2.05, 4.69) is 10.1 Å². The lowest BCUT2D eigenvalue weighted by molar-refractivity contribution is -0.131. The van der Waals surface area contributed by atoms with Gasteiger partial charge in [0.1, 0.15) is 0 Å². The van der Waals surface area contributed by atoms with Crippen LogP contribution in [-0.4, -0.2) is 91.5 Å². The molecule has 2 aliphatic rings. The number of likely N-dealkylation sites (N-methyl/N-ethyl adjacent to an activating group) is 1. The minimum absolute atomic E-state index is 0.00245. The Bertz CT molecular complexity index is 715. The normalized spacial score (nSPS) is 27.1. The Morgan fingerprint density at radius 2 is 1.92 bits per heavy atom. The van der Waals surface area contributed by atoms with Crippen LogP contribution >= 0.6 is 0 Å². The van der Waals surface area contributed by atoms with Crippen LogP contribution in [0.25, 0.3) is 0 Å². The first-order valence-electron chi connectivity index (χ1n) is 8.06. The van der Waals surface area contributed by atoms with Crippen molar-refractivity contribution in [3.05, 3.63) is 17.5 Å². The van der Waals surface area contributed by atoms with Crippen LogP contribution in [0.4, 0.5) is 0 Å². The van der Waals surface area contributed by atoms with E-state index in [0.29, 0.717) is 19.6 Å². The predicted molar refractivity (Wildman–Crippen MR) is 88.1 cm³/mol. The van der Waals surface area contributed by atoms with Crippen LogP contribution in [0.1, 0.15) is 11.5 Å². The molecule has 0 spiro atoms. The molecule has 3 heterocycles. The fraction of sp³-hybridized carbons (Fsp3) is 0.733. The predicted octanol–water partition coefficient (Wildman–Crippen LogP) is -0.646. The fourth-order valence-electron chi connectivity index (χ4n) is 3.50. The van der Waals surface area contributed by atoms with Gasteiger partial charge in [0.05, 0.1) is 30.3 Å². The number of aromatic nitrogens is 1. The molecule has 24 heavy (non-hydrogen) atoms. The lowest BCUT2D eigenvalue weighted by Crippen LogP contribution is -2.60. The summed E-state index contributed by atoms with van der Waals surface area (Å²) in [6.07, 6.45) is 0. The van der Waals surface area contributed by atoms with Crippen molar-refractivity contribution >= 4 is 15.7 Å². The summed E-state index contributed by atoms with van der Waals surface area (Å²) < 4.78 is 29.6. The molecule has 0 saturated carbocycles. The average molecular weight is 356 g/mol. The van der Waals surface area contributed by atoms with E-state index in [4.69, 9.17) is 4.52 Å². The van der Waals surface area contributed by atoms with Crippen LogP contribution in [0.5, 0.6) is 0 Å². The van der Waals surface area contributed by atoms with Gasteiger partial charge in [-0.1, -0.05) is 5.16 Å². The maximum absolute atomic E-state index is 12.2. The standard InChI is InChI=1S/C15H24N4O4S/c1-11-6-12(23-16-11)7-18-4-5-19(8-15(20)17(2)3)14-10-24(21,22)9-13(14)18/h6,13-14H,4-5,7-10H2,1-3H3/t13-,14+/m1/s1. The second-order valence-electron chi connectivity index (χ2n) is 6.88. The van der Waals surface area contributed by atoms with Crippen molar-refractivity contribution in [3.63, 3.8) is 0 Å². The zero-order chi connectivity index (χ0) is 17.5. The Morgan fingerprint density at radius 1 is 1.29 bits per heavy atom. The van der Waals surface area contributed by atoms with E-state index in [0.717, 1.165) is 11.5 Å². The summed E-state index contributed by atoms with van der Waals surface area (Å²) in [6.45, 7) is 4.05. The maximum Gasteiger partial charge on any atom is 0.236 e. The number of fused-ring (bicyclic) bond motifs is 1. The van der Waals surface area contributed by atoms with Gasteiger partial charge in [-0.2, -0.15) is 0 Å². The number of hydrogen-bond acceptors (Lipinski definition) is 7. The van der Waals surface area contributed by atoms with E-state index in [1.54, 1.807) is 19.0 Å². The molecule has 2 aliphatic heterocycles. The third-order valence-corrected chi connectivity index (χ3v) is 6.48. The largest absolute Gasteiger partial charge is 0.360 e. The molecular formula is C15H24N4O4S. The van der Waals surface area contributed by atoms with Gasteiger partial charge in [0.25, 0.3) is 0 Å². The summed E-state index contributed by atoms with van der Waals surface area (Å²) in [5.41, 5.74) is 0.816. The third-order valence-electron chi connectivity index (χ3n) is 4.78. The Kier molecular flexibility index (Phi) is 4.67. The van der Waals surface area contributed by atoms with Gasteiger partial charge in [-0.15, -0.1) is 0 Å². The van der Waals surface area contributed by atoms with E-state index in [1.807, 2.05) is 17.9 Å². The third kappa shape index (κ3) is 3.62. The van der Waals surface area contributed by atoms with E-state index in [-0.39, 0.29) is 36.0 Å². The zero-order valence-corrected chi connectivity index (χ0v) is 15.1. The van der Waals surface area contributed by atoms with Gasteiger partial charge in [-0.05, 0) is 6.92 Å². The first-order chi connectivity index (χ1) is 11.2. The molecule has 0 N–H and O–H groups in total. The quantitative estimate of drug-likeness (QED) is 0.709. The van der Waals surface area contributed by atoms with Gasteiger partial charge in [0.2, 0.25) is 5.91 Å². The van der Waals surface area contributed by atoms with Gasteiger partial charge < -0.3 is 9.42 Å². The summed E-state index contributed by atoms with van der Waals surface area (Å²) in [5.74, 6) is 0.993. The van der Waals surface area contributed by atoms with Crippen LogP contribution in [0.3, 0.4) is 0 Å². The number of hydrogen-bond donors (Lipinski definition) is 0. The summed E-state index contributed by atoms with van der Waals surface area (Å²) >= 11 is 0. The highest BCUT2D eigenvalue weighted by Gasteiger charge is 2.47. The number of aryl methyl sites for hydroxylation is 1. The van der Waals surface area contributed by atoms with Gasteiger partial charge in [0.15, 0.2) is 15.6 Å². The molecule has 0 aliphatic carbocycles. The molecule has 0 radical (unpaired) electrons. The monoisotopic (exact) mass is 356 g/mol. The number of sulfone groups is 1. The lowest BCUT2D eigenvalue weighted by atomic mass is 10.0. The molecule has 0 aromatic carbocycles. The second kappa shape index (κ2) is 6.45. The molecule has 2 fully saturated rings.